The van der Waals surface area contributed by atoms with Gasteiger partial charge in [-0.1, -0.05) is 61.8 Å². The Kier molecular flexibility index (Phi) is 5.60. The fraction of sp³-hybridized carbons (Fsp3) is 0.562. The number of carbonyl (C=O) groups is 1. The molecule has 0 heterocycles. The molecule has 0 fully saturated rings. The van der Waals surface area contributed by atoms with Crippen LogP contribution in [0.1, 0.15) is 50.0 Å². The van der Waals surface area contributed by atoms with Gasteiger partial charge in [0.25, 0.3) is 5.91 Å². The second kappa shape index (κ2) is 6.56. The molecule has 0 aliphatic heterocycles. The van der Waals surface area contributed by atoms with Crippen molar-refractivity contribution in [1.82, 2.24) is 4.90 Å². The molecule has 19 heavy (non-hydrogen) atoms. The fourth-order valence-corrected chi connectivity index (χ4v) is 2.21. The minimum Gasteiger partial charge on any atom is -0.342 e. The number of alkyl halides is 1. The second-order valence-electron chi connectivity index (χ2n) is 6.09. The van der Waals surface area contributed by atoms with Crippen molar-refractivity contribution in [2.45, 2.75) is 44.4 Å². The highest BCUT2D eigenvalue weighted by molar-refractivity contribution is 9.09. The van der Waals surface area contributed by atoms with Crippen molar-refractivity contribution in [1.29, 1.82) is 0 Å². The molecule has 3 heteroatoms. The van der Waals surface area contributed by atoms with Crippen molar-refractivity contribution >= 4 is 21.8 Å². The number of amides is 1. The van der Waals surface area contributed by atoms with E-state index < -0.39 is 0 Å². The van der Waals surface area contributed by atoms with Gasteiger partial charge >= 0.3 is 0 Å². The molecule has 0 saturated carbocycles. The number of hydrogen-bond acceptors (Lipinski definition) is 1. The smallest absolute Gasteiger partial charge is 0.253 e. The number of rotatable bonds is 4. The molecule has 0 bridgehead atoms. The first-order chi connectivity index (χ1) is 8.73. The standard InChI is InChI=1S/C16H24BrNO/c1-12(17)10-11-18(5)15(19)13-8-6-7-9-14(13)16(2,3)4/h6-9,12H,10-11H2,1-5H3. The summed E-state index contributed by atoms with van der Waals surface area (Å²) in [6.45, 7) is 9.28. The van der Waals surface area contributed by atoms with Crippen LogP contribution in [0.2, 0.25) is 0 Å². The molecule has 106 valence electrons. The average molecular weight is 326 g/mol. The molecule has 1 aromatic carbocycles. The summed E-state index contributed by atoms with van der Waals surface area (Å²) in [7, 11) is 1.87. The van der Waals surface area contributed by atoms with Crippen LogP contribution in [-0.2, 0) is 5.41 Å². The van der Waals surface area contributed by atoms with E-state index in [4.69, 9.17) is 0 Å². The lowest BCUT2D eigenvalue weighted by atomic mass is 9.83. The Labute approximate surface area is 125 Å². The Balaban J connectivity index is 2.94. The third-order valence-corrected chi connectivity index (χ3v) is 3.63. The molecule has 1 rings (SSSR count). The van der Waals surface area contributed by atoms with Crippen LogP contribution in [-0.4, -0.2) is 29.2 Å². The number of hydrogen-bond donors (Lipinski definition) is 0. The minimum absolute atomic E-state index is 0.0180. The zero-order chi connectivity index (χ0) is 14.6. The second-order valence-corrected chi connectivity index (χ2v) is 7.65. The third-order valence-electron chi connectivity index (χ3n) is 3.17. The van der Waals surface area contributed by atoms with Crippen LogP contribution in [0.5, 0.6) is 0 Å². The maximum Gasteiger partial charge on any atom is 0.253 e. The SMILES string of the molecule is CC(Br)CCN(C)C(=O)c1ccccc1C(C)(C)C. The Morgan fingerprint density at radius 3 is 2.42 bits per heavy atom. The summed E-state index contributed by atoms with van der Waals surface area (Å²) >= 11 is 3.52. The molecule has 0 saturated heterocycles. The van der Waals surface area contributed by atoms with Gasteiger partial charge < -0.3 is 4.90 Å². The molecule has 1 atom stereocenters. The molecule has 0 radical (unpaired) electrons. The van der Waals surface area contributed by atoms with E-state index >= 15 is 0 Å². The van der Waals surface area contributed by atoms with Crippen molar-refractivity contribution in [2.24, 2.45) is 0 Å². The summed E-state index contributed by atoms with van der Waals surface area (Å²) < 4.78 is 0. The fourth-order valence-electron chi connectivity index (χ4n) is 2.00. The maximum absolute atomic E-state index is 12.5. The summed E-state index contributed by atoms with van der Waals surface area (Å²) in [6, 6.07) is 7.91. The van der Waals surface area contributed by atoms with Gasteiger partial charge in [-0.15, -0.1) is 0 Å². The van der Waals surface area contributed by atoms with Gasteiger partial charge in [-0.3, -0.25) is 4.79 Å². The summed E-state index contributed by atoms with van der Waals surface area (Å²) in [5.41, 5.74) is 1.91. The number of carbonyl (C=O) groups excluding carboxylic acids is 1. The zero-order valence-corrected chi connectivity index (χ0v) is 14.1. The molecule has 1 unspecified atom stereocenters. The van der Waals surface area contributed by atoms with Gasteiger partial charge in [0.2, 0.25) is 0 Å². The molecule has 0 aliphatic rings. The van der Waals surface area contributed by atoms with Gasteiger partial charge in [0.05, 0.1) is 0 Å². The largest absolute Gasteiger partial charge is 0.342 e. The van der Waals surface area contributed by atoms with Gasteiger partial charge in [-0.25, -0.2) is 0 Å². The van der Waals surface area contributed by atoms with Crippen LogP contribution in [0, 0.1) is 0 Å². The predicted molar refractivity (Wildman–Crippen MR) is 85.1 cm³/mol. The van der Waals surface area contributed by atoms with Crippen LogP contribution in [0.15, 0.2) is 24.3 Å². The quantitative estimate of drug-likeness (QED) is 0.758. The predicted octanol–water partition coefficient (Wildman–Crippen LogP) is 4.23. The topological polar surface area (TPSA) is 20.3 Å². The highest BCUT2D eigenvalue weighted by Gasteiger charge is 2.22. The normalized spacial score (nSPS) is 13.2. The van der Waals surface area contributed by atoms with Crippen molar-refractivity contribution in [3.05, 3.63) is 35.4 Å². The Morgan fingerprint density at radius 1 is 1.32 bits per heavy atom. The highest BCUT2D eigenvalue weighted by Crippen LogP contribution is 2.26. The summed E-state index contributed by atoms with van der Waals surface area (Å²) in [5, 5.41) is 0. The van der Waals surface area contributed by atoms with Crippen molar-refractivity contribution in [3.63, 3.8) is 0 Å². The summed E-state index contributed by atoms with van der Waals surface area (Å²) in [6.07, 6.45) is 0.958. The summed E-state index contributed by atoms with van der Waals surface area (Å²) in [5.74, 6) is 0.110. The Hall–Kier alpha value is -0.830. The van der Waals surface area contributed by atoms with E-state index in [2.05, 4.69) is 43.6 Å². The maximum atomic E-state index is 12.5. The lowest BCUT2D eigenvalue weighted by Crippen LogP contribution is -2.31. The molecule has 0 aromatic heterocycles. The van der Waals surface area contributed by atoms with E-state index in [0.29, 0.717) is 4.83 Å². The van der Waals surface area contributed by atoms with E-state index in [0.717, 1.165) is 24.1 Å². The van der Waals surface area contributed by atoms with Crippen molar-refractivity contribution in [3.8, 4) is 0 Å². The van der Waals surface area contributed by atoms with E-state index in [1.54, 1.807) is 0 Å². The molecular formula is C16H24BrNO. The molecule has 1 aromatic rings. The van der Waals surface area contributed by atoms with Crippen LogP contribution in [0.25, 0.3) is 0 Å². The van der Waals surface area contributed by atoms with Crippen LogP contribution >= 0.6 is 15.9 Å². The van der Waals surface area contributed by atoms with Gasteiger partial charge in [0, 0.05) is 24.0 Å². The molecule has 1 amide bonds. The van der Waals surface area contributed by atoms with E-state index in [-0.39, 0.29) is 11.3 Å². The number of benzene rings is 1. The van der Waals surface area contributed by atoms with Crippen LogP contribution in [0.3, 0.4) is 0 Å². The Morgan fingerprint density at radius 2 is 1.89 bits per heavy atom. The van der Waals surface area contributed by atoms with Gasteiger partial charge in [0.1, 0.15) is 0 Å². The van der Waals surface area contributed by atoms with Crippen LogP contribution < -0.4 is 0 Å². The molecule has 0 spiro atoms. The molecular weight excluding hydrogens is 302 g/mol. The first kappa shape index (κ1) is 16.2. The van der Waals surface area contributed by atoms with Gasteiger partial charge in [-0.05, 0) is 23.5 Å². The Bertz CT molecular complexity index is 435. The monoisotopic (exact) mass is 325 g/mol. The minimum atomic E-state index is -0.0180. The first-order valence-electron chi connectivity index (χ1n) is 6.72. The first-order valence-corrected chi connectivity index (χ1v) is 7.64. The molecule has 0 aliphatic carbocycles. The summed E-state index contributed by atoms with van der Waals surface area (Å²) in [4.78, 5) is 14.8. The number of nitrogens with zero attached hydrogens (tertiary/aromatic N) is 1. The van der Waals surface area contributed by atoms with E-state index in [1.807, 2.05) is 36.2 Å². The van der Waals surface area contributed by atoms with Gasteiger partial charge in [0.15, 0.2) is 0 Å². The third kappa shape index (κ3) is 4.64. The average Bonchev–Trinajstić information content (AvgIpc) is 2.34. The molecule has 0 N–H and O–H groups in total. The lowest BCUT2D eigenvalue weighted by molar-refractivity contribution is 0.0791. The van der Waals surface area contributed by atoms with Crippen molar-refractivity contribution < 1.29 is 4.79 Å². The van der Waals surface area contributed by atoms with Gasteiger partial charge in [-0.2, -0.15) is 0 Å². The number of halogens is 1. The zero-order valence-electron chi connectivity index (χ0n) is 12.5. The lowest BCUT2D eigenvalue weighted by Gasteiger charge is -2.25. The van der Waals surface area contributed by atoms with Crippen molar-refractivity contribution in [2.75, 3.05) is 13.6 Å². The molecule has 2 nitrogen and oxygen atoms in total. The highest BCUT2D eigenvalue weighted by atomic mass is 79.9. The van der Waals surface area contributed by atoms with E-state index in [1.165, 1.54) is 0 Å². The van der Waals surface area contributed by atoms with E-state index in [9.17, 15) is 4.79 Å². The van der Waals surface area contributed by atoms with Crippen LogP contribution in [0.4, 0.5) is 0 Å².